The molecule has 3 rings (SSSR count). The van der Waals surface area contributed by atoms with Gasteiger partial charge in [0.25, 0.3) is 5.91 Å². The zero-order valence-corrected chi connectivity index (χ0v) is 14.2. The lowest BCUT2D eigenvalue weighted by atomic mass is 10.1. The van der Waals surface area contributed by atoms with Crippen LogP contribution < -0.4 is 5.43 Å². The number of H-pyrrole nitrogens is 1. The van der Waals surface area contributed by atoms with Crippen LogP contribution in [0.25, 0.3) is 11.3 Å². The predicted molar refractivity (Wildman–Crippen MR) is 97.2 cm³/mol. The molecule has 0 radical (unpaired) electrons. The first kappa shape index (κ1) is 17.0. The number of aromatic nitrogens is 2. The van der Waals surface area contributed by atoms with Gasteiger partial charge in [-0.2, -0.15) is 10.2 Å². The first-order chi connectivity index (χ1) is 12.0. The van der Waals surface area contributed by atoms with Gasteiger partial charge in [0.1, 0.15) is 11.4 Å². The molecule has 6 nitrogen and oxygen atoms in total. The number of nitrogens with zero attached hydrogens (tertiary/aromatic N) is 2. The molecule has 2 aromatic carbocycles. The Hall–Kier alpha value is -2.83. The summed E-state index contributed by atoms with van der Waals surface area (Å²) in [7, 11) is 0. The Morgan fingerprint density at radius 1 is 1.16 bits per heavy atom. The van der Waals surface area contributed by atoms with Gasteiger partial charge in [0.15, 0.2) is 0 Å². The summed E-state index contributed by atoms with van der Waals surface area (Å²) in [6.45, 7) is 0. The highest BCUT2D eigenvalue weighted by Crippen LogP contribution is 2.29. The number of halogens is 2. The van der Waals surface area contributed by atoms with E-state index >= 15 is 0 Å². The quantitative estimate of drug-likeness (QED) is 0.478. The third kappa shape index (κ3) is 4.17. The van der Waals surface area contributed by atoms with E-state index in [2.05, 4.69) is 20.7 Å². The molecule has 8 heteroatoms. The van der Waals surface area contributed by atoms with Gasteiger partial charge in [0.2, 0.25) is 0 Å². The van der Waals surface area contributed by atoms with Gasteiger partial charge >= 0.3 is 0 Å². The molecule has 0 saturated carbocycles. The van der Waals surface area contributed by atoms with Crippen LogP contribution in [0.15, 0.2) is 53.6 Å². The molecule has 0 aliphatic rings. The van der Waals surface area contributed by atoms with Gasteiger partial charge < -0.3 is 5.11 Å². The summed E-state index contributed by atoms with van der Waals surface area (Å²) < 4.78 is 0. The van der Waals surface area contributed by atoms with Gasteiger partial charge in [-0.25, -0.2) is 5.43 Å². The monoisotopic (exact) mass is 374 g/mol. The highest BCUT2D eigenvalue weighted by molar-refractivity contribution is 6.36. The second-order valence-electron chi connectivity index (χ2n) is 5.08. The van der Waals surface area contributed by atoms with Crippen molar-refractivity contribution in [3.63, 3.8) is 0 Å². The van der Waals surface area contributed by atoms with Crippen molar-refractivity contribution >= 4 is 35.3 Å². The van der Waals surface area contributed by atoms with E-state index < -0.39 is 5.91 Å². The number of aromatic amines is 1. The Morgan fingerprint density at radius 3 is 2.64 bits per heavy atom. The summed E-state index contributed by atoms with van der Waals surface area (Å²) in [6.07, 6.45) is 1.46. The molecule has 0 fully saturated rings. The Balaban J connectivity index is 1.69. The van der Waals surface area contributed by atoms with Crippen molar-refractivity contribution in [1.82, 2.24) is 15.6 Å². The second-order valence-corrected chi connectivity index (χ2v) is 5.93. The zero-order valence-electron chi connectivity index (χ0n) is 12.7. The number of hydrogen-bond donors (Lipinski definition) is 3. The molecule has 0 saturated heterocycles. The third-order valence-electron chi connectivity index (χ3n) is 3.30. The zero-order chi connectivity index (χ0) is 17.8. The number of amides is 1. The van der Waals surface area contributed by atoms with E-state index in [1.165, 1.54) is 18.3 Å². The summed E-state index contributed by atoms with van der Waals surface area (Å²) in [5.74, 6) is -0.286. The topological polar surface area (TPSA) is 90.4 Å². The number of aromatic hydroxyl groups is 1. The van der Waals surface area contributed by atoms with Gasteiger partial charge in [-0.05, 0) is 54.1 Å². The Labute approximate surface area is 153 Å². The summed E-state index contributed by atoms with van der Waals surface area (Å²) >= 11 is 12.0. The Kier molecular flexibility index (Phi) is 5.02. The molecule has 3 N–H and O–H groups in total. The highest BCUT2D eigenvalue weighted by Gasteiger charge is 2.12. The van der Waals surface area contributed by atoms with Crippen LogP contribution in [0.3, 0.4) is 0 Å². The average molecular weight is 375 g/mol. The van der Waals surface area contributed by atoms with E-state index in [1.807, 2.05) is 0 Å². The maximum Gasteiger partial charge on any atom is 0.289 e. The number of carbonyl (C=O) groups is 1. The number of hydrogen-bond acceptors (Lipinski definition) is 4. The lowest BCUT2D eigenvalue weighted by Crippen LogP contribution is -2.17. The average Bonchev–Trinajstić information content (AvgIpc) is 3.06. The molecule has 0 atom stereocenters. The van der Waals surface area contributed by atoms with Crippen molar-refractivity contribution in [3.05, 3.63) is 69.8 Å². The van der Waals surface area contributed by atoms with Gasteiger partial charge in [-0.3, -0.25) is 9.89 Å². The fourth-order valence-electron chi connectivity index (χ4n) is 2.06. The standard InChI is InChI=1S/C17H12Cl2N4O2/c18-11-3-6-13(14(19)7-11)15-8-16(22-21-15)17(25)23-20-9-10-1-4-12(24)5-2-10/h1-9,24H,(H,21,22)(H,23,25)/b20-9-. The number of carbonyl (C=O) groups excluding carboxylic acids is 1. The number of phenolic OH excluding ortho intramolecular Hbond substituents is 1. The molecule has 1 amide bonds. The third-order valence-corrected chi connectivity index (χ3v) is 3.85. The number of phenols is 1. The van der Waals surface area contributed by atoms with Gasteiger partial charge in [0.05, 0.1) is 16.9 Å². The summed E-state index contributed by atoms with van der Waals surface area (Å²) in [5.41, 5.74) is 4.55. The second kappa shape index (κ2) is 7.38. The fraction of sp³-hybridized carbons (Fsp3) is 0. The van der Waals surface area contributed by atoms with Crippen molar-refractivity contribution in [2.45, 2.75) is 0 Å². The van der Waals surface area contributed by atoms with E-state index in [0.29, 0.717) is 21.3 Å². The number of benzene rings is 2. The molecular weight excluding hydrogens is 363 g/mol. The largest absolute Gasteiger partial charge is 0.508 e. The van der Waals surface area contributed by atoms with Crippen molar-refractivity contribution in [2.75, 3.05) is 0 Å². The Bertz CT molecular complexity index is 936. The van der Waals surface area contributed by atoms with Crippen LogP contribution in [0, 0.1) is 0 Å². The predicted octanol–water partition coefficient (Wildman–Crippen LogP) is 3.85. The number of hydrazone groups is 1. The molecule has 126 valence electrons. The van der Waals surface area contributed by atoms with Crippen LogP contribution in [0.5, 0.6) is 5.75 Å². The van der Waals surface area contributed by atoms with Crippen molar-refractivity contribution < 1.29 is 9.90 Å². The number of rotatable bonds is 4. The van der Waals surface area contributed by atoms with Crippen LogP contribution in [0.4, 0.5) is 0 Å². The first-order valence-corrected chi connectivity index (χ1v) is 7.92. The molecule has 25 heavy (non-hydrogen) atoms. The fourth-order valence-corrected chi connectivity index (χ4v) is 2.56. The van der Waals surface area contributed by atoms with Crippen molar-refractivity contribution in [2.24, 2.45) is 5.10 Å². The molecular formula is C17H12Cl2N4O2. The van der Waals surface area contributed by atoms with Crippen LogP contribution >= 0.6 is 23.2 Å². The summed E-state index contributed by atoms with van der Waals surface area (Å²) in [6, 6.07) is 13.0. The normalized spacial score (nSPS) is 11.0. The Morgan fingerprint density at radius 2 is 1.92 bits per heavy atom. The van der Waals surface area contributed by atoms with Crippen LogP contribution in [0.1, 0.15) is 16.1 Å². The molecule has 0 aliphatic carbocycles. The van der Waals surface area contributed by atoms with Crippen molar-refractivity contribution in [3.8, 4) is 17.0 Å². The molecule has 0 bridgehead atoms. The molecule has 1 heterocycles. The summed E-state index contributed by atoms with van der Waals surface area (Å²) in [4.78, 5) is 12.1. The van der Waals surface area contributed by atoms with E-state index in [1.54, 1.807) is 36.4 Å². The minimum absolute atomic E-state index is 0.159. The summed E-state index contributed by atoms with van der Waals surface area (Å²) in [5, 5.41) is 20.8. The lowest BCUT2D eigenvalue weighted by molar-refractivity contribution is 0.0950. The maximum absolute atomic E-state index is 12.1. The van der Waals surface area contributed by atoms with Crippen LogP contribution in [-0.4, -0.2) is 27.4 Å². The van der Waals surface area contributed by atoms with E-state index in [-0.39, 0.29) is 11.4 Å². The highest BCUT2D eigenvalue weighted by atomic mass is 35.5. The molecule has 0 aliphatic heterocycles. The number of nitrogens with one attached hydrogen (secondary N) is 2. The van der Waals surface area contributed by atoms with Gasteiger partial charge in [-0.1, -0.05) is 23.2 Å². The maximum atomic E-state index is 12.1. The molecule has 1 aromatic heterocycles. The van der Waals surface area contributed by atoms with E-state index in [4.69, 9.17) is 23.2 Å². The van der Waals surface area contributed by atoms with Crippen LogP contribution in [-0.2, 0) is 0 Å². The first-order valence-electron chi connectivity index (χ1n) is 7.16. The minimum Gasteiger partial charge on any atom is -0.508 e. The smallest absolute Gasteiger partial charge is 0.289 e. The van der Waals surface area contributed by atoms with Crippen molar-refractivity contribution in [1.29, 1.82) is 0 Å². The van der Waals surface area contributed by atoms with E-state index in [9.17, 15) is 9.90 Å². The minimum atomic E-state index is -0.445. The van der Waals surface area contributed by atoms with E-state index in [0.717, 1.165) is 5.56 Å². The molecule has 0 spiro atoms. The van der Waals surface area contributed by atoms with Crippen LogP contribution in [0.2, 0.25) is 10.0 Å². The van der Waals surface area contributed by atoms with Gasteiger partial charge in [0, 0.05) is 10.6 Å². The lowest BCUT2D eigenvalue weighted by Gasteiger charge is -2.00. The SMILES string of the molecule is O=C(N/N=C\c1ccc(O)cc1)c1cc(-c2ccc(Cl)cc2Cl)n[nH]1. The van der Waals surface area contributed by atoms with Gasteiger partial charge in [-0.15, -0.1) is 0 Å². The molecule has 0 unspecified atom stereocenters. The molecule has 3 aromatic rings.